The number of hydrogen-bond donors (Lipinski definition) is 1. The Kier molecular flexibility index (Phi) is 5.86. The molecule has 0 aromatic heterocycles. The van der Waals surface area contributed by atoms with E-state index < -0.39 is 10.8 Å². The average molecular weight is 253 g/mol. The van der Waals surface area contributed by atoms with Crippen LogP contribution in [0.15, 0.2) is 24.3 Å². The van der Waals surface area contributed by atoms with Gasteiger partial charge in [0.2, 0.25) is 0 Å². The van der Waals surface area contributed by atoms with Crippen molar-refractivity contribution in [2.75, 3.05) is 5.75 Å². The smallest absolute Gasteiger partial charge is 0.0486 e. The average Bonchev–Trinajstić information content (AvgIpc) is 2.29. The maximum atomic E-state index is 11.8. The molecule has 0 aliphatic carbocycles. The molecule has 96 valence electrons. The molecule has 0 radical (unpaired) electrons. The van der Waals surface area contributed by atoms with Gasteiger partial charge in [-0.25, -0.2) is 0 Å². The van der Waals surface area contributed by atoms with Gasteiger partial charge in [0, 0.05) is 28.3 Å². The third-order valence-electron chi connectivity index (χ3n) is 2.90. The molecule has 0 fully saturated rings. The molecule has 0 spiro atoms. The molecule has 2 nitrogen and oxygen atoms in total. The Morgan fingerprint density at radius 2 is 1.82 bits per heavy atom. The van der Waals surface area contributed by atoms with Gasteiger partial charge in [-0.2, -0.15) is 0 Å². The Hall–Kier alpha value is -0.670. The fraction of sp³-hybridized carbons (Fsp3) is 0.571. The standard InChI is InChI=1S/C14H23NOS/c1-4-14(15)10-17(16)9-12-5-7-13(8-6-12)11(2)3/h5-8,11,14H,4,9-10,15H2,1-3H3. The van der Waals surface area contributed by atoms with Gasteiger partial charge in [-0.05, 0) is 23.5 Å². The van der Waals surface area contributed by atoms with Crippen LogP contribution in [0.1, 0.15) is 44.2 Å². The molecule has 0 aliphatic heterocycles. The summed E-state index contributed by atoms with van der Waals surface area (Å²) in [4.78, 5) is 0. The summed E-state index contributed by atoms with van der Waals surface area (Å²) in [6.07, 6.45) is 0.887. The second kappa shape index (κ2) is 6.92. The fourth-order valence-corrected chi connectivity index (χ4v) is 3.00. The molecule has 2 unspecified atom stereocenters. The van der Waals surface area contributed by atoms with Gasteiger partial charge < -0.3 is 5.73 Å². The first kappa shape index (κ1) is 14.4. The van der Waals surface area contributed by atoms with Crippen molar-refractivity contribution in [2.45, 2.75) is 44.9 Å². The zero-order valence-electron chi connectivity index (χ0n) is 11.0. The Labute approximate surface area is 107 Å². The third-order valence-corrected chi connectivity index (χ3v) is 4.35. The van der Waals surface area contributed by atoms with Gasteiger partial charge in [0.1, 0.15) is 0 Å². The van der Waals surface area contributed by atoms with Crippen LogP contribution in [-0.4, -0.2) is 16.0 Å². The summed E-state index contributed by atoms with van der Waals surface area (Å²) in [6.45, 7) is 6.38. The van der Waals surface area contributed by atoms with Gasteiger partial charge in [0.05, 0.1) is 0 Å². The molecule has 2 N–H and O–H groups in total. The van der Waals surface area contributed by atoms with Gasteiger partial charge in [-0.15, -0.1) is 0 Å². The minimum atomic E-state index is -0.843. The van der Waals surface area contributed by atoms with Crippen molar-refractivity contribution in [1.82, 2.24) is 0 Å². The zero-order chi connectivity index (χ0) is 12.8. The van der Waals surface area contributed by atoms with E-state index in [0.717, 1.165) is 12.0 Å². The minimum absolute atomic E-state index is 0.0609. The lowest BCUT2D eigenvalue weighted by atomic mass is 10.0. The highest BCUT2D eigenvalue weighted by Gasteiger charge is 2.07. The monoisotopic (exact) mass is 253 g/mol. The van der Waals surface area contributed by atoms with Crippen molar-refractivity contribution >= 4 is 10.8 Å². The Morgan fingerprint density at radius 1 is 1.24 bits per heavy atom. The maximum Gasteiger partial charge on any atom is 0.0486 e. The van der Waals surface area contributed by atoms with Crippen molar-refractivity contribution in [2.24, 2.45) is 5.73 Å². The van der Waals surface area contributed by atoms with E-state index in [2.05, 4.69) is 38.1 Å². The van der Waals surface area contributed by atoms with Crippen LogP contribution in [0.2, 0.25) is 0 Å². The lowest BCUT2D eigenvalue weighted by molar-refractivity contribution is 0.663. The summed E-state index contributed by atoms with van der Waals surface area (Å²) in [5.41, 5.74) is 8.26. The first-order chi connectivity index (χ1) is 8.02. The Bertz CT molecular complexity index is 359. The molecular formula is C14H23NOS. The van der Waals surface area contributed by atoms with Crippen LogP contribution in [0.25, 0.3) is 0 Å². The molecule has 1 rings (SSSR count). The molecule has 0 heterocycles. The predicted octanol–water partition coefficient (Wildman–Crippen LogP) is 2.80. The fourth-order valence-electron chi connectivity index (χ4n) is 1.60. The van der Waals surface area contributed by atoms with E-state index in [1.807, 2.05) is 6.92 Å². The van der Waals surface area contributed by atoms with Gasteiger partial charge in [0.15, 0.2) is 0 Å². The first-order valence-corrected chi connectivity index (χ1v) is 7.71. The lowest BCUT2D eigenvalue weighted by Gasteiger charge is -2.09. The predicted molar refractivity (Wildman–Crippen MR) is 75.5 cm³/mol. The zero-order valence-corrected chi connectivity index (χ0v) is 11.8. The van der Waals surface area contributed by atoms with Crippen LogP contribution >= 0.6 is 0 Å². The molecule has 0 bridgehead atoms. The number of rotatable bonds is 6. The van der Waals surface area contributed by atoms with Crippen LogP contribution < -0.4 is 5.73 Å². The van der Waals surface area contributed by atoms with Crippen LogP contribution in [0, 0.1) is 0 Å². The molecule has 0 amide bonds. The van der Waals surface area contributed by atoms with Crippen molar-refractivity contribution in [3.63, 3.8) is 0 Å². The molecule has 0 saturated heterocycles. The second-order valence-electron chi connectivity index (χ2n) is 4.82. The molecule has 2 atom stereocenters. The summed E-state index contributed by atoms with van der Waals surface area (Å²) in [5.74, 6) is 1.76. The van der Waals surface area contributed by atoms with E-state index in [1.165, 1.54) is 5.56 Å². The van der Waals surface area contributed by atoms with Crippen molar-refractivity contribution in [3.05, 3.63) is 35.4 Å². The van der Waals surface area contributed by atoms with Crippen LogP contribution in [0.3, 0.4) is 0 Å². The summed E-state index contributed by atoms with van der Waals surface area (Å²) in [6, 6.07) is 8.45. The highest BCUT2D eigenvalue weighted by molar-refractivity contribution is 7.84. The number of nitrogens with two attached hydrogens (primary N) is 1. The lowest BCUT2D eigenvalue weighted by Crippen LogP contribution is -2.26. The summed E-state index contributed by atoms with van der Waals surface area (Å²) in [5, 5.41) is 0. The van der Waals surface area contributed by atoms with E-state index >= 15 is 0 Å². The highest BCUT2D eigenvalue weighted by atomic mass is 32.2. The van der Waals surface area contributed by atoms with E-state index in [0.29, 0.717) is 17.4 Å². The Balaban J connectivity index is 2.54. The molecule has 17 heavy (non-hydrogen) atoms. The molecule has 1 aromatic carbocycles. The third kappa shape index (κ3) is 5.00. The van der Waals surface area contributed by atoms with Gasteiger partial charge in [-0.3, -0.25) is 4.21 Å². The Morgan fingerprint density at radius 3 is 2.29 bits per heavy atom. The molecule has 0 aliphatic rings. The quantitative estimate of drug-likeness (QED) is 0.847. The number of benzene rings is 1. The van der Waals surface area contributed by atoms with Crippen LogP contribution in [0.5, 0.6) is 0 Å². The van der Waals surface area contributed by atoms with Gasteiger partial charge in [0.25, 0.3) is 0 Å². The summed E-state index contributed by atoms with van der Waals surface area (Å²) < 4.78 is 11.8. The first-order valence-electron chi connectivity index (χ1n) is 6.22. The highest BCUT2D eigenvalue weighted by Crippen LogP contribution is 2.15. The SMILES string of the molecule is CCC(N)CS(=O)Cc1ccc(C(C)C)cc1. The topological polar surface area (TPSA) is 43.1 Å². The van der Waals surface area contributed by atoms with Crippen molar-refractivity contribution in [1.29, 1.82) is 0 Å². The minimum Gasteiger partial charge on any atom is -0.327 e. The van der Waals surface area contributed by atoms with Gasteiger partial charge in [-0.1, -0.05) is 45.0 Å². The largest absolute Gasteiger partial charge is 0.327 e. The summed E-state index contributed by atoms with van der Waals surface area (Å²) in [7, 11) is -0.843. The van der Waals surface area contributed by atoms with Crippen molar-refractivity contribution in [3.8, 4) is 0 Å². The molecule has 0 saturated carbocycles. The number of hydrogen-bond acceptors (Lipinski definition) is 2. The maximum absolute atomic E-state index is 11.8. The van der Waals surface area contributed by atoms with Gasteiger partial charge >= 0.3 is 0 Å². The van der Waals surface area contributed by atoms with Crippen LogP contribution in [0.4, 0.5) is 0 Å². The van der Waals surface area contributed by atoms with E-state index in [-0.39, 0.29) is 6.04 Å². The van der Waals surface area contributed by atoms with E-state index in [9.17, 15) is 4.21 Å². The van der Waals surface area contributed by atoms with Crippen LogP contribution in [-0.2, 0) is 16.6 Å². The van der Waals surface area contributed by atoms with E-state index in [4.69, 9.17) is 5.73 Å². The normalized spacial score (nSPS) is 14.9. The molecule has 3 heteroatoms. The molecular weight excluding hydrogens is 230 g/mol. The van der Waals surface area contributed by atoms with Crippen molar-refractivity contribution < 1.29 is 4.21 Å². The second-order valence-corrected chi connectivity index (χ2v) is 6.32. The van der Waals surface area contributed by atoms with E-state index in [1.54, 1.807) is 0 Å². The molecule has 1 aromatic rings. The summed E-state index contributed by atoms with van der Waals surface area (Å²) >= 11 is 0.